The number of carbonyl (C=O) groups excluding carboxylic acids is 1. The minimum Gasteiger partial charge on any atom is -0.490 e. The minimum atomic E-state index is -0.350. The number of rotatable bonds is 10. The lowest BCUT2D eigenvalue weighted by Crippen LogP contribution is -2.47. The monoisotopic (exact) mass is 461 g/mol. The number of benzene rings is 1. The summed E-state index contributed by atoms with van der Waals surface area (Å²) in [5.74, 6) is 1.07. The molecule has 7 heteroatoms. The number of ether oxygens (including phenoxy) is 3. The smallest absolute Gasteiger partial charge is 0.225 e. The predicted molar refractivity (Wildman–Crippen MR) is 132 cm³/mol. The summed E-state index contributed by atoms with van der Waals surface area (Å²) < 4.78 is 17.3. The molecule has 186 valence electrons. The zero-order valence-electron chi connectivity index (χ0n) is 21.1. The van der Waals surface area contributed by atoms with Crippen molar-refractivity contribution in [2.75, 3.05) is 44.9 Å². The number of hydrogen-bond donors (Lipinski definition) is 2. The van der Waals surface area contributed by atoms with E-state index < -0.39 is 0 Å². The lowest BCUT2D eigenvalue weighted by molar-refractivity contribution is -0.129. The van der Waals surface area contributed by atoms with Crippen molar-refractivity contribution in [3.05, 3.63) is 23.8 Å². The van der Waals surface area contributed by atoms with Crippen LogP contribution in [0.5, 0.6) is 5.75 Å². The zero-order chi connectivity index (χ0) is 23.8. The van der Waals surface area contributed by atoms with Crippen molar-refractivity contribution in [2.45, 2.75) is 78.2 Å². The zero-order valence-corrected chi connectivity index (χ0v) is 21.1. The highest BCUT2D eigenvalue weighted by Gasteiger charge is 2.26. The molecule has 2 N–H and O–H groups in total. The molecule has 1 aromatic carbocycles. The summed E-state index contributed by atoms with van der Waals surface area (Å²) >= 11 is 0. The maximum atomic E-state index is 12.2. The molecule has 1 unspecified atom stereocenters. The quantitative estimate of drug-likeness (QED) is 0.520. The van der Waals surface area contributed by atoms with Gasteiger partial charge in [0.1, 0.15) is 12.4 Å². The van der Waals surface area contributed by atoms with E-state index in [1.54, 1.807) is 7.11 Å². The summed E-state index contributed by atoms with van der Waals surface area (Å²) in [5.41, 5.74) is 1.99. The van der Waals surface area contributed by atoms with E-state index >= 15 is 0 Å². The molecule has 1 aromatic rings. The van der Waals surface area contributed by atoms with E-state index in [0.29, 0.717) is 12.6 Å². The largest absolute Gasteiger partial charge is 0.490 e. The first-order chi connectivity index (χ1) is 15.8. The van der Waals surface area contributed by atoms with Crippen LogP contribution in [-0.4, -0.2) is 64.1 Å². The molecule has 0 bridgehead atoms. The van der Waals surface area contributed by atoms with Gasteiger partial charge in [0.15, 0.2) is 0 Å². The second-order valence-corrected chi connectivity index (χ2v) is 10.5. The van der Waals surface area contributed by atoms with E-state index in [2.05, 4.69) is 40.7 Å². The first-order valence-corrected chi connectivity index (χ1v) is 12.4. The molecule has 33 heavy (non-hydrogen) atoms. The molecule has 0 spiro atoms. The molecule has 0 aliphatic carbocycles. The van der Waals surface area contributed by atoms with Crippen LogP contribution in [0.2, 0.25) is 0 Å². The highest BCUT2D eigenvalue weighted by Crippen LogP contribution is 2.33. The van der Waals surface area contributed by atoms with Crippen LogP contribution in [-0.2, 0) is 20.9 Å². The molecule has 2 heterocycles. The predicted octanol–water partition coefficient (Wildman–Crippen LogP) is 3.50. The average Bonchev–Trinajstić information content (AvgIpc) is 2.78. The number of piperidine rings is 1. The summed E-state index contributed by atoms with van der Waals surface area (Å²) in [6.07, 6.45) is 4.26. The van der Waals surface area contributed by atoms with Crippen LogP contribution in [0, 0.1) is 5.41 Å². The number of amides is 1. The third-order valence-corrected chi connectivity index (χ3v) is 6.41. The van der Waals surface area contributed by atoms with Crippen molar-refractivity contribution in [1.82, 2.24) is 10.6 Å². The van der Waals surface area contributed by atoms with Gasteiger partial charge in [-0.05, 0) is 50.3 Å². The van der Waals surface area contributed by atoms with Gasteiger partial charge in [-0.2, -0.15) is 0 Å². The average molecular weight is 462 g/mol. The molecule has 2 aliphatic rings. The number of carbonyl (C=O) groups is 1. The third kappa shape index (κ3) is 7.87. The first kappa shape index (κ1) is 25.8. The first-order valence-electron chi connectivity index (χ1n) is 12.4. The van der Waals surface area contributed by atoms with E-state index in [-0.39, 0.29) is 23.5 Å². The topological polar surface area (TPSA) is 72.1 Å². The van der Waals surface area contributed by atoms with Crippen LogP contribution in [0.15, 0.2) is 18.2 Å². The molecule has 1 fully saturated rings. The van der Waals surface area contributed by atoms with Gasteiger partial charge in [-0.3, -0.25) is 4.79 Å². The van der Waals surface area contributed by atoms with Gasteiger partial charge in [-0.1, -0.05) is 26.8 Å². The normalized spacial score (nSPS) is 21.8. The number of hydrogen-bond acceptors (Lipinski definition) is 6. The minimum absolute atomic E-state index is 0.111. The Balaban J connectivity index is 1.43. The molecule has 0 saturated carbocycles. The molecule has 3 rings (SSSR count). The van der Waals surface area contributed by atoms with E-state index in [9.17, 15) is 4.79 Å². The number of nitrogens with zero attached hydrogens (tertiary/aromatic N) is 1. The molecular formula is C26H43N3O4. The molecule has 1 amide bonds. The molecule has 2 aliphatic heterocycles. The fraction of sp³-hybridized carbons (Fsp3) is 0.731. The fourth-order valence-corrected chi connectivity index (χ4v) is 4.41. The highest BCUT2D eigenvalue weighted by molar-refractivity contribution is 5.81. The maximum absolute atomic E-state index is 12.2. The maximum Gasteiger partial charge on any atom is 0.225 e. The van der Waals surface area contributed by atoms with Gasteiger partial charge in [0.2, 0.25) is 5.91 Å². The Hall–Kier alpha value is -1.83. The SMILES string of the molecule is COCCCN1CCOc2ccc(CO[C@@H]3CC[C@@H](CC(C)NC(=O)C(C)(C)C)NC3)cc21. The van der Waals surface area contributed by atoms with Crippen molar-refractivity contribution in [1.29, 1.82) is 0 Å². The van der Waals surface area contributed by atoms with Crippen LogP contribution in [0.3, 0.4) is 0 Å². The van der Waals surface area contributed by atoms with Crippen LogP contribution in [0.25, 0.3) is 0 Å². The molecular weight excluding hydrogens is 418 g/mol. The summed E-state index contributed by atoms with van der Waals surface area (Å²) in [6.45, 7) is 12.8. The van der Waals surface area contributed by atoms with Gasteiger partial charge in [-0.15, -0.1) is 0 Å². The molecule has 0 radical (unpaired) electrons. The van der Waals surface area contributed by atoms with E-state index in [4.69, 9.17) is 14.2 Å². The van der Waals surface area contributed by atoms with E-state index in [1.807, 2.05) is 20.8 Å². The Morgan fingerprint density at radius 1 is 1.33 bits per heavy atom. The van der Waals surface area contributed by atoms with Crippen molar-refractivity contribution < 1.29 is 19.0 Å². The van der Waals surface area contributed by atoms with E-state index in [0.717, 1.165) is 70.0 Å². The Labute approximate surface area is 199 Å². The van der Waals surface area contributed by atoms with Crippen LogP contribution < -0.4 is 20.3 Å². The van der Waals surface area contributed by atoms with Crippen molar-refractivity contribution >= 4 is 11.6 Å². The third-order valence-electron chi connectivity index (χ3n) is 6.41. The Morgan fingerprint density at radius 3 is 2.85 bits per heavy atom. The summed E-state index contributed by atoms with van der Waals surface area (Å²) in [7, 11) is 1.75. The molecule has 1 saturated heterocycles. The van der Waals surface area contributed by atoms with Crippen molar-refractivity contribution in [3.8, 4) is 5.75 Å². The summed E-state index contributed by atoms with van der Waals surface area (Å²) in [6, 6.07) is 6.97. The summed E-state index contributed by atoms with van der Waals surface area (Å²) in [5, 5.41) is 6.76. The number of anilines is 1. The lowest BCUT2D eigenvalue weighted by atomic mass is 9.93. The van der Waals surface area contributed by atoms with Gasteiger partial charge in [0, 0.05) is 44.3 Å². The Kier molecular flexibility index (Phi) is 9.41. The van der Waals surface area contributed by atoms with Crippen LogP contribution in [0.4, 0.5) is 5.69 Å². The van der Waals surface area contributed by atoms with Crippen LogP contribution >= 0.6 is 0 Å². The second kappa shape index (κ2) is 12.0. The molecule has 0 aromatic heterocycles. The standard InChI is InChI=1S/C26H43N3O4/c1-19(28-25(30)26(2,3)4)15-21-8-9-22(17-27-21)33-18-20-7-10-24-23(16-20)29(12-14-32-24)11-6-13-31-5/h7,10,16,19,21-22,27H,6,8-9,11-15,17-18H2,1-5H3,(H,28,30)/t19?,21-,22+/m0/s1. The van der Waals surface area contributed by atoms with Gasteiger partial charge >= 0.3 is 0 Å². The Morgan fingerprint density at radius 2 is 2.15 bits per heavy atom. The van der Waals surface area contributed by atoms with Gasteiger partial charge in [-0.25, -0.2) is 0 Å². The summed E-state index contributed by atoms with van der Waals surface area (Å²) in [4.78, 5) is 14.6. The van der Waals surface area contributed by atoms with Gasteiger partial charge in [0.25, 0.3) is 0 Å². The number of fused-ring (bicyclic) bond motifs is 1. The highest BCUT2D eigenvalue weighted by atomic mass is 16.5. The van der Waals surface area contributed by atoms with Crippen molar-refractivity contribution in [2.24, 2.45) is 5.41 Å². The van der Waals surface area contributed by atoms with Gasteiger partial charge < -0.3 is 29.7 Å². The Bertz CT molecular complexity index is 756. The molecule has 3 atom stereocenters. The number of nitrogens with one attached hydrogen (secondary N) is 2. The number of methoxy groups -OCH3 is 1. The second-order valence-electron chi connectivity index (χ2n) is 10.5. The fourth-order valence-electron chi connectivity index (χ4n) is 4.41. The molecule has 7 nitrogen and oxygen atoms in total. The van der Waals surface area contributed by atoms with E-state index in [1.165, 1.54) is 5.56 Å². The lowest BCUT2D eigenvalue weighted by Gasteiger charge is -2.33. The van der Waals surface area contributed by atoms with Crippen molar-refractivity contribution in [3.63, 3.8) is 0 Å². The van der Waals surface area contributed by atoms with Gasteiger partial charge in [0.05, 0.1) is 24.9 Å². The van der Waals surface area contributed by atoms with Crippen LogP contribution in [0.1, 0.15) is 58.9 Å².